The molecule has 2 aromatic heterocycles. The quantitative estimate of drug-likeness (QED) is 0.804. The summed E-state index contributed by atoms with van der Waals surface area (Å²) in [5.41, 5.74) is 10.8. The van der Waals surface area contributed by atoms with E-state index in [2.05, 4.69) is 16.0 Å². The van der Waals surface area contributed by atoms with Gasteiger partial charge in [0.25, 0.3) is 0 Å². The highest BCUT2D eigenvalue weighted by Crippen LogP contribution is 2.34. The van der Waals surface area contributed by atoms with Crippen molar-refractivity contribution in [2.45, 2.75) is 32.1 Å². The molecule has 2 aromatic rings. The van der Waals surface area contributed by atoms with Crippen molar-refractivity contribution in [2.75, 3.05) is 5.73 Å². The number of aromatic nitrogens is 2. The third kappa shape index (κ3) is 2.12. The maximum Gasteiger partial charge on any atom is 0.174 e. The fraction of sp³-hybridized carbons (Fsp3) is 0.312. The van der Waals surface area contributed by atoms with Crippen LogP contribution in [-0.2, 0) is 12.8 Å². The minimum absolute atomic E-state index is 0.354. The average molecular weight is 265 g/mol. The second-order valence-electron chi connectivity index (χ2n) is 5.14. The van der Waals surface area contributed by atoms with Crippen molar-refractivity contribution in [3.63, 3.8) is 0 Å². The van der Waals surface area contributed by atoms with Gasteiger partial charge in [-0.2, -0.15) is 5.26 Å². The molecule has 0 radical (unpaired) electrons. The highest BCUT2D eigenvalue weighted by molar-refractivity contribution is 5.78. The van der Waals surface area contributed by atoms with Gasteiger partial charge in [-0.1, -0.05) is 6.42 Å². The number of nitrogens with zero attached hydrogens (tertiary/aromatic N) is 2. The Balaban J connectivity index is 2.30. The lowest BCUT2D eigenvalue weighted by Gasteiger charge is -2.14. The predicted molar refractivity (Wildman–Crippen MR) is 76.6 cm³/mol. The van der Waals surface area contributed by atoms with Gasteiger partial charge in [-0.05, 0) is 37.3 Å². The third-order valence-corrected chi connectivity index (χ3v) is 3.86. The van der Waals surface area contributed by atoms with Gasteiger partial charge in [0.05, 0.1) is 0 Å². The smallest absolute Gasteiger partial charge is 0.174 e. The van der Waals surface area contributed by atoms with Crippen LogP contribution in [0.1, 0.15) is 36.1 Å². The van der Waals surface area contributed by atoms with E-state index in [0.29, 0.717) is 11.4 Å². The number of hydrogen-bond donors (Lipinski definition) is 1. The number of rotatable bonds is 1. The van der Waals surface area contributed by atoms with Crippen LogP contribution in [0.5, 0.6) is 0 Å². The van der Waals surface area contributed by atoms with Gasteiger partial charge >= 0.3 is 0 Å². The van der Waals surface area contributed by atoms with Crippen LogP contribution in [0.15, 0.2) is 24.5 Å². The van der Waals surface area contributed by atoms with Crippen molar-refractivity contribution >= 4 is 5.82 Å². The first-order valence-corrected chi connectivity index (χ1v) is 6.99. The molecule has 1 aliphatic carbocycles. The molecule has 0 aliphatic heterocycles. The minimum Gasteiger partial charge on any atom is -0.383 e. The molecule has 0 saturated carbocycles. The van der Waals surface area contributed by atoms with E-state index in [4.69, 9.17) is 5.73 Å². The highest BCUT2D eigenvalue weighted by Gasteiger charge is 2.21. The number of nitrogen functional groups attached to an aromatic ring is 1. The summed E-state index contributed by atoms with van der Waals surface area (Å²) >= 11 is 0. The molecule has 0 spiro atoms. The molecular formula is C16H17N4+. The molecule has 0 saturated heterocycles. The van der Waals surface area contributed by atoms with Crippen LogP contribution >= 0.6 is 0 Å². The maximum absolute atomic E-state index is 9.45. The molecule has 0 aromatic carbocycles. The monoisotopic (exact) mass is 265 g/mol. The first-order valence-electron chi connectivity index (χ1n) is 6.99. The van der Waals surface area contributed by atoms with Crippen molar-refractivity contribution in [2.24, 2.45) is 0 Å². The van der Waals surface area contributed by atoms with E-state index in [-0.39, 0.29) is 0 Å². The molecule has 0 fully saturated rings. The molecule has 3 rings (SSSR count). The zero-order valence-electron chi connectivity index (χ0n) is 11.3. The largest absolute Gasteiger partial charge is 0.383 e. The number of fused-ring (bicyclic) bond motifs is 1. The first-order chi connectivity index (χ1) is 9.81. The second kappa shape index (κ2) is 5.30. The molecule has 0 atom stereocenters. The van der Waals surface area contributed by atoms with Crippen molar-refractivity contribution in [1.29, 1.82) is 5.26 Å². The van der Waals surface area contributed by atoms with Gasteiger partial charge in [0, 0.05) is 22.9 Å². The maximum atomic E-state index is 9.45. The summed E-state index contributed by atoms with van der Waals surface area (Å²) in [6.07, 6.45) is 9.20. The number of aryl methyl sites for hydroxylation is 1. The highest BCUT2D eigenvalue weighted by atomic mass is 14.9. The summed E-state index contributed by atoms with van der Waals surface area (Å²) in [5, 5.41) is 9.45. The molecule has 20 heavy (non-hydrogen) atoms. The van der Waals surface area contributed by atoms with Crippen molar-refractivity contribution in [3.05, 3.63) is 41.3 Å². The topological polar surface area (TPSA) is 76.8 Å². The van der Waals surface area contributed by atoms with Crippen LogP contribution < -0.4 is 10.7 Å². The Morgan fingerprint density at radius 2 is 2.10 bits per heavy atom. The molecule has 0 amide bonds. The van der Waals surface area contributed by atoms with Gasteiger partial charge in [-0.15, -0.1) is 0 Å². The average Bonchev–Trinajstić information content (AvgIpc) is 2.71. The summed E-state index contributed by atoms with van der Waals surface area (Å²) in [6.45, 7) is 0. The Morgan fingerprint density at radius 3 is 2.85 bits per heavy atom. The van der Waals surface area contributed by atoms with Crippen LogP contribution in [0.2, 0.25) is 0 Å². The van der Waals surface area contributed by atoms with Gasteiger partial charge in [-0.25, -0.2) is 9.97 Å². The Morgan fingerprint density at radius 1 is 1.25 bits per heavy atom. The van der Waals surface area contributed by atoms with Gasteiger partial charge in [-0.3, -0.25) is 0 Å². The predicted octanol–water partition coefficient (Wildman–Crippen LogP) is 2.29. The molecule has 2 heterocycles. The van der Waals surface area contributed by atoms with Crippen LogP contribution in [0.4, 0.5) is 5.82 Å². The van der Waals surface area contributed by atoms with Crippen molar-refractivity contribution in [3.8, 4) is 17.2 Å². The number of nitrogens with two attached hydrogens (primary N) is 1. The molecular weight excluding hydrogens is 248 g/mol. The Labute approximate surface area is 118 Å². The van der Waals surface area contributed by atoms with Crippen LogP contribution in [-0.4, -0.2) is 4.98 Å². The summed E-state index contributed by atoms with van der Waals surface area (Å²) in [4.78, 5) is 7.56. The zero-order chi connectivity index (χ0) is 13.9. The fourth-order valence-electron chi connectivity index (χ4n) is 2.92. The number of hydrogen-bond acceptors (Lipinski definition) is 3. The Bertz CT molecular complexity index is 671. The number of anilines is 1. The van der Waals surface area contributed by atoms with Crippen LogP contribution in [0.25, 0.3) is 11.1 Å². The molecule has 1 aliphatic rings. The minimum atomic E-state index is 0.354. The summed E-state index contributed by atoms with van der Waals surface area (Å²) in [7, 11) is 0. The van der Waals surface area contributed by atoms with E-state index in [9.17, 15) is 5.26 Å². The first kappa shape index (κ1) is 12.6. The standard InChI is InChI=1S/C16H16N4/c17-9-13-15(11-5-4-8-19-10-11)12-6-2-1-3-7-14(12)20-16(13)18/h4-5,8,10H,1-3,6-7H2,(H2,18,20)/p+1. The second-order valence-corrected chi connectivity index (χ2v) is 5.14. The number of nitriles is 1. The Kier molecular flexibility index (Phi) is 3.34. The lowest BCUT2D eigenvalue weighted by molar-refractivity contribution is -0.377. The van der Waals surface area contributed by atoms with E-state index in [1.165, 1.54) is 12.0 Å². The van der Waals surface area contributed by atoms with Gasteiger partial charge in [0.15, 0.2) is 12.4 Å². The van der Waals surface area contributed by atoms with Gasteiger partial charge in [0.2, 0.25) is 0 Å². The summed E-state index contributed by atoms with van der Waals surface area (Å²) < 4.78 is 0. The normalized spacial score (nSPS) is 14.2. The van der Waals surface area contributed by atoms with Crippen LogP contribution in [0, 0.1) is 11.3 Å². The number of H-pyrrole nitrogens is 1. The lowest BCUT2D eigenvalue weighted by atomic mass is 9.92. The van der Waals surface area contributed by atoms with E-state index in [1.54, 1.807) is 0 Å². The number of aromatic amines is 1. The van der Waals surface area contributed by atoms with Gasteiger partial charge in [0.1, 0.15) is 17.5 Å². The molecule has 100 valence electrons. The summed E-state index contributed by atoms with van der Waals surface area (Å²) in [5.74, 6) is 0.354. The number of nitrogens with one attached hydrogen (secondary N) is 1. The molecule has 0 bridgehead atoms. The van der Waals surface area contributed by atoms with E-state index < -0.39 is 0 Å². The third-order valence-electron chi connectivity index (χ3n) is 3.86. The molecule has 0 unspecified atom stereocenters. The van der Waals surface area contributed by atoms with Crippen molar-refractivity contribution in [1.82, 2.24) is 4.98 Å². The molecule has 4 heteroatoms. The lowest BCUT2D eigenvalue weighted by Crippen LogP contribution is -2.08. The van der Waals surface area contributed by atoms with Crippen LogP contribution in [0.3, 0.4) is 0 Å². The van der Waals surface area contributed by atoms with E-state index >= 15 is 0 Å². The fourth-order valence-corrected chi connectivity index (χ4v) is 2.92. The Hall–Kier alpha value is -2.41. The molecule has 3 N–H and O–H groups in total. The molecule has 4 nitrogen and oxygen atoms in total. The van der Waals surface area contributed by atoms with Gasteiger partial charge < -0.3 is 5.73 Å². The van der Waals surface area contributed by atoms with E-state index in [0.717, 1.165) is 42.5 Å². The van der Waals surface area contributed by atoms with Crippen molar-refractivity contribution < 1.29 is 4.98 Å². The summed E-state index contributed by atoms with van der Waals surface area (Å²) in [6, 6.07) is 6.18. The van der Waals surface area contributed by atoms with E-state index in [1.807, 2.05) is 24.5 Å². The number of pyridine rings is 2. The SMILES string of the molecule is N#Cc1c(N)nc2c(c1-c1ccc[nH+]c1)CCCCC2. The zero-order valence-corrected chi connectivity index (χ0v) is 11.3.